The summed E-state index contributed by atoms with van der Waals surface area (Å²) in [6.45, 7) is 4.14. The number of thiazole rings is 1. The Morgan fingerprint density at radius 3 is 2.69 bits per heavy atom. The lowest BCUT2D eigenvalue weighted by Crippen LogP contribution is -2.13. The number of benzene rings is 1. The van der Waals surface area contributed by atoms with E-state index in [0.29, 0.717) is 0 Å². The molecule has 2 rings (SSSR count). The molecule has 0 aliphatic heterocycles. The van der Waals surface area contributed by atoms with E-state index < -0.39 is 0 Å². The van der Waals surface area contributed by atoms with Crippen LogP contribution in [0.15, 0.2) is 29.8 Å². The van der Waals surface area contributed by atoms with E-state index in [9.17, 15) is 0 Å². The molecule has 2 aromatic rings. The predicted octanol–water partition coefficient (Wildman–Crippen LogP) is 3.00. The highest BCUT2D eigenvalue weighted by atomic mass is 32.1. The molecule has 0 fully saturated rings. The van der Waals surface area contributed by atoms with E-state index in [2.05, 4.69) is 36.2 Å². The second-order valence-corrected chi connectivity index (χ2v) is 4.93. The Morgan fingerprint density at radius 2 is 2.06 bits per heavy atom. The van der Waals surface area contributed by atoms with Gasteiger partial charge in [0.1, 0.15) is 0 Å². The van der Waals surface area contributed by atoms with Crippen LogP contribution in [0.25, 0.3) is 0 Å². The van der Waals surface area contributed by atoms with Crippen molar-refractivity contribution in [3.63, 3.8) is 0 Å². The highest BCUT2D eigenvalue weighted by molar-refractivity contribution is 7.09. The number of nitrogens with two attached hydrogens (primary N) is 1. The van der Waals surface area contributed by atoms with E-state index in [4.69, 9.17) is 5.73 Å². The number of aryl methyl sites for hydroxylation is 2. The third-order valence-electron chi connectivity index (χ3n) is 2.82. The Hall–Kier alpha value is -1.19. The first-order chi connectivity index (χ1) is 7.68. The summed E-state index contributed by atoms with van der Waals surface area (Å²) in [4.78, 5) is 5.44. The lowest BCUT2D eigenvalue weighted by atomic mass is 10.0. The summed E-state index contributed by atoms with van der Waals surface area (Å²) in [6, 6.07) is 8.46. The molecule has 0 aliphatic rings. The van der Waals surface area contributed by atoms with Crippen LogP contribution in [0.5, 0.6) is 0 Å². The minimum absolute atomic E-state index is 0.0635. The van der Waals surface area contributed by atoms with Gasteiger partial charge in [0.15, 0.2) is 0 Å². The summed E-state index contributed by atoms with van der Waals surface area (Å²) in [5, 5.41) is 0. The number of rotatable bonds is 3. The van der Waals surface area contributed by atoms with Crippen molar-refractivity contribution < 1.29 is 0 Å². The topological polar surface area (TPSA) is 38.9 Å². The summed E-state index contributed by atoms with van der Waals surface area (Å²) in [5.41, 5.74) is 11.8. The zero-order valence-corrected chi connectivity index (χ0v) is 10.4. The fourth-order valence-electron chi connectivity index (χ4n) is 1.84. The van der Waals surface area contributed by atoms with Gasteiger partial charge in [-0.2, -0.15) is 0 Å². The maximum absolute atomic E-state index is 6.21. The van der Waals surface area contributed by atoms with Crippen molar-refractivity contribution in [3.8, 4) is 0 Å². The van der Waals surface area contributed by atoms with Gasteiger partial charge in [0.05, 0.1) is 11.2 Å². The SMILES string of the molecule is Cc1ccccc1CC(N)c1scnc1C. The number of hydrogen-bond donors (Lipinski definition) is 1. The van der Waals surface area contributed by atoms with Gasteiger partial charge in [0.2, 0.25) is 0 Å². The van der Waals surface area contributed by atoms with Gasteiger partial charge in [0.25, 0.3) is 0 Å². The van der Waals surface area contributed by atoms with Crippen molar-refractivity contribution in [1.29, 1.82) is 0 Å². The van der Waals surface area contributed by atoms with Gasteiger partial charge < -0.3 is 5.73 Å². The van der Waals surface area contributed by atoms with Crippen molar-refractivity contribution in [2.24, 2.45) is 5.73 Å². The van der Waals surface area contributed by atoms with Crippen molar-refractivity contribution >= 4 is 11.3 Å². The van der Waals surface area contributed by atoms with Crippen LogP contribution >= 0.6 is 11.3 Å². The second kappa shape index (κ2) is 4.76. The molecular weight excluding hydrogens is 216 g/mol. The normalized spacial score (nSPS) is 12.7. The number of aromatic nitrogens is 1. The molecule has 1 aromatic carbocycles. The van der Waals surface area contributed by atoms with Gasteiger partial charge in [-0.15, -0.1) is 11.3 Å². The van der Waals surface area contributed by atoms with Crippen LogP contribution < -0.4 is 5.73 Å². The average Bonchev–Trinajstić information content (AvgIpc) is 2.68. The van der Waals surface area contributed by atoms with Gasteiger partial charge in [-0.05, 0) is 31.4 Å². The van der Waals surface area contributed by atoms with E-state index in [1.165, 1.54) is 16.0 Å². The smallest absolute Gasteiger partial charge is 0.0798 e. The molecule has 0 radical (unpaired) electrons. The Kier molecular flexibility index (Phi) is 3.36. The molecule has 0 aliphatic carbocycles. The van der Waals surface area contributed by atoms with Crippen LogP contribution in [0.3, 0.4) is 0 Å². The molecule has 3 heteroatoms. The molecule has 0 amide bonds. The molecule has 16 heavy (non-hydrogen) atoms. The van der Waals surface area contributed by atoms with E-state index in [1.807, 2.05) is 12.4 Å². The van der Waals surface area contributed by atoms with Crippen LogP contribution in [-0.4, -0.2) is 4.98 Å². The number of nitrogens with zero attached hydrogens (tertiary/aromatic N) is 1. The minimum atomic E-state index is 0.0635. The van der Waals surface area contributed by atoms with E-state index >= 15 is 0 Å². The first-order valence-electron chi connectivity index (χ1n) is 5.38. The summed E-state index contributed by atoms with van der Waals surface area (Å²) < 4.78 is 0. The maximum atomic E-state index is 6.21. The number of hydrogen-bond acceptors (Lipinski definition) is 3. The Balaban J connectivity index is 2.17. The standard InChI is InChI=1S/C13H16N2S/c1-9-5-3-4-6-11(9)7-12(14)13-10(2)15-8-16-13/h3-6,8,12H,7,14H2,1-2H3. The van der Waals surface area contributed by atoms with Crippen molar-refractivity contribution in [2.45, 2.75) is 26.3 Å². The van der Waals surface area contributed by atoms with Crippen LogP contribution in [0.4, 0.5) is 0 Å². The van der Waals surface area contributed by atoms with Gasteiger partial charge in [0, 0.05) is 10.9 Å². The maximum Gasteiger partial charge on any atom is 0.0798 e. The minimum Gasteiger partial charge on any atom is -0.323 e. The molecule has 0 spiro atoms. The summed E-state index contributed by atoms with van der Waals surface area (Å²) in [7, 11) is 0. The highest BCUT2D eigenvalue weighted by Gasteiger charge is 2.12. The zero-order chi connectivity index (χ0) is 11.5. The van der Waals surface area contributed by atoms with Crippen molar-refractivity contribution in [3.05, 3.63) is 51.5 Å². The van der Waals surface area contributed by atoms with E-state index in [-0.39, 0.29) is 6.04 Å². The molecule has 2 nitrogen and oxygen atoms in total. The van der Waals surface area contributed by atoms with Crippen molar-refractivity contribution in [2.75, 3.05) is 0 Å². The Labute approximate surface area is 100 Å². The predicted molar refractivity (Wildman–Crippen MR) is 68.7 cm³/mol. The molecular formula is C13H16N2S. The third kappa shape index (κ3) is 2.31. The summed E-state index contributed by atoms with van der Waals surface area (Å²) in [5.74, 6) is 0. The van der Waals surface area contributed by atoms with Crippen LogP contribution in [-0.2, 0) is 6.42 Å². The van der Waals surface area contributed by atoms with E-state index in [0.717, 1.165) is 12.1 Å². The van der Waals surface area contributed by atoms with Gasteiger partial charge in [-0.1, -0.05) is 24.3 Å². The van der Waals surface area contributed by atoms with Gasteiger partial charge in [-0.25, -0.2) is 4.98 Å². The molecule has 1 heterocycles. The van der Waals surface area contributed by atoms with Gasteiger partial charge in [-0.3, -0.25) is 0 Å². The lowest BCUT2D eigenvalue weighted by Gasteiger charge is -2.12. The molecule has 1 unspecified atom stereocenters. The first kappa shape index (κ1) is 11.3. The average molecular weight is 232 g/mol. The fraction of sp³-hybridized carbons (Fsp3) is 0.308. The highest BCUT2D eigenvalue weighted by Crippen LogP contribution is 2.23. The fourth-order valence-corrected chi connectivity index (χ4v) is 2.64. The van der Waals surface area contributed by atoms with Gasteiger partial charge >= 0.3 is 0 Å². The first-order valence-corrected chi connectivity index (χ1v) is 6.26. The summed E-state index contributed by atoms with van der Waals surface area (Å²) in [6.07, 6.45) is 0.885. The quantitative estimate of drug-likeness (QED) is 0.883. The molecule has 0 saturated carbocycles. The molecule has 2 N–H and O–H groups in total. The molecule has 1 aromatic heterocycles. The van der Waals surface area contributed by atoms with Crippen molar-refractivity contribution in [1.82, 2.24) is 4.98 Å². The zero-order valence-electron chi connectivity index (χ0n) is 9.60. The summed E-state index contributed by atoms with van der Waals surface area (Å²) >= 11 is 1.65. The Morgan fingerprint density at radius 1 is 1.31 bits per heavy atom. The second-order valence-electron chi connectivity index (χ2n) is 4.04. The largest absolute Gasteiger partial charge is 0.323 e. The molecule has 0 saturated heterocycles. The van der Waals surface area contributed by atoms with Crippen LogP contribution in [0.2, 0.25) is 0 Å². The monoisotopic (exact) mass is 232 g/mol. The Bertz CT molecular complexity index is 476. The van der Waals surface area contributed by atoms with E-state index in [1.54, 1.807) is 11.3 Å². The van der Waals surface area contributed by atoms with Crippen LogP contribution in [0.1, 0.15) is 27.7 Å². The third-order valence-corrected chi connectivity index (χ3v) is 3.88. The molecule has 0 bridgehead atoms. The van der Waals surface area contributed by atoms with Crippen LogP contribution in [0, 0.1) is 13.8 Å². The molecule has 1 atom stereocenters. The molecule has 84 valence electrons. The lowest BCUT2D eigenvalue weighted by molar-refractivity contribution is 0.725.